The number of amides is 1. The fourth-order valence-electron chi connectivity index (χ4n) is 2.93. The van der Waals surface area contributed by atoms with Crippen LogP contribution in [-0.4, -0.2) is 57.5 Å². The molecule has 1 aliphatic heterocycles. The van der Waals surface area contributed by atoms with Crippen LogP contribution >= 0.6 is 11.6 Å². The van der Waals surface area contributed by atoms with Crippen LogP contribution in [0.2, 0.25) is 5.02 Å². The second-order valence-corrected chi connectivity index (χ2v) is 9.09. The maximum absolute atomic E-state index is 13.7. The van der Waals surface area contributed by atoms with E-state index in [2.05, 4.69) is 5.32 Å². The quantitative estimate of drug-likeness (QED) is 0.651. The van der Waals surface area contributed by atoms with Gasteiger partial charge in [-0.25, -0.2) is 17.6 Å². The molecule has 0 atom stereocenters. The minimum Gasteiger partial charge on any atom is -0.452 e. The lowest BCUT2D eigenvalue weighted by Gasteiger charge is -2.26. The number of halogens is 2. The third-order valence-electron chi connectivity index (χ3n) is 4.55. The van der Waals surface area contributed by atoms with Gasteiger partial charge in [0.2, 0.25) is 10.0 Å². The summed E-state index contributed by atoms with van der Waals surface area (Å²) in [4.78, 5) is 24.3. The summed E-state index contributed by atoms with van der Waals surface area (Å²) in [7, 11) is -3.82. The van der Waals surface area contributed by atoms with Crippen LogP contribution < -0.4 is 5.32 Å². The summed E-state index contributed by atoms with van der Waals surface area (Å²) in [5.41, 5.74) is 0.291. The summed E-state index contributed by atoms with van der Waals surface area (Å²) in [6, 6.07) is 7.76. The number of benzene rings is 2. The molecule has 2 aromatic rings. The summed E-state index contributed by atoms with van der Waals surface area (Å²) < 4.78 is 51.0. The Morgan fingerprint density at radius 1 is 1.19 bits per heavy atom. The maximum Gasteiger partial charge on any atom is 0.338 e. The maximum atomic E-state index is 13.7. The van der Waals surface area contributed by atoms with Gasteiger partial charge in [-0.2, -0.15) is 4.31 Å². The van der Waals surface area contributed by atoms with E-state index in [9.17, 15) is 22.4 Å². The molecule has 2 aromatic carbocycles. The highest BCUT2D eigenvalue weighted by Gasteiger charge is 2.28. The van der Waals surface area contributed by atoms with Crippen molar-refractivity contribution in [3.8, 4) is 0 Å². The number of aryl methyl sites for hydroxylation is 1. The second-order valence-electron chi connectivity index (χ2n) is 6.75. The van der Waals surface area contributed by atoms with Gasteiger partial charge < -0.3 is 14.8 Å². The largest absolute Gasteiger partial charge is 0.452 e. The van der Waals surface area contributed by atoms with Gasteiger partial charge in [0.25, 0.3) is 5.91 Å². The van der Waals surface area contributed by atoms with Gasteiger partial charge in [-0.15, -0.1) is 0 Å². The third kappa shape index (κ3) is 5.59. The molecule has 166 valence electrons. The molecule has 11 heteroatoms. The van der Waals surface area contributed by atoms with E-state index in [1.54, 1.807) is 6.92 Å². The van der Waals surface area contributed by atoms with Crippen LogP contribution in [0, 0.1) is 12.7 Å². The average molecular weight is 471 g/mol. The van der Waals surface area contributed by atoms with E-state index in [0.29, 0.717) is 18.8 Å². The molecule has 0 aromatic heterocycles. The van der Waals surface area contributed by atoms with Crippen molar-refractivity contribution in [1.29, 1.82) is 0 Å². The molecule has 0 unspecified atom stereocenters. The number of hydrogen-bond acceptors (Lipinski definition) is 6. The van der Waals surface area contributed by atoms with Gasteiger partial charge in [0.15, 0.2) is 6.61 Å². The Morgan fingerprint density at radius 2 is 1.90 bits per heavy atom. The monoisotopic (exact) mass is 470 g/mol. The minimum absolute atomic E-state index is 0.0192. The first kappa shape index (κ1) is 23.1. The van der Waals surface area contributed by atoms with Gasteiger partial charge in [-0.1, -0.05) is 17.7 Å². The molecule has 1 aliphatic rings. The fourth-order valence-corrected chi connectivity index (χ4v) is 4.76. The molecular weight excluding hydrogens is 451 g/mol. The molecule has 31 heavy (non-hydrogen) atoms. The van der Waals surface area contributed by atoms with Gasteiger partial charge >= 0.3 is 5.97 Å². The lowest BCUT2D eigenvalue weighted by molar-refractivity contribution is -0.119. The molecule has 0 radical (unpaired) electrons. The van der Waals surface area contributed by atoms with E-state index in [1.807, 2.05) is 0 Å². The van der Waals surface area contributed by atoms with Crippen molar-refractivity contribution in [3.63, 3.8) is 0 Å². The standard InChI is InChI=1S/C20H20ClFN2O6S/c1-13-2-3-14(10-18(13)31(27,28)24-6-8-29-9-7-24)20(26)30-12-19(25)23-17-11-15(21)4-5-16(17)22/h2-5,10-11H,6-9,12H2,1H3,(H,23,25). The molecule has 1 fully saturated rings. The first-order valence-electron chi connectivity index (χ1n) is 9.29. The third-order valence-corrected chi connectivity index (χ3v) is 6.82. The van der Waals surface area contributed by atoms with Gasteiger partial charge in [-0.3, -0.25) is 4.79 Å². The Labute approximate surface area is 183 Å². The zero-order chi connectivity index (χ0) is 22.6. The highest BCUT2D eigenvalue weighted by molar-refractivity contribution is 7.89. The SMILES string of the molecule is Cc1ccc(C(=O)OCC(=O)Nc2cc(Cl)ccc2F)cc1S(=O)(=O)N1CCOCC1. The highest BCUT2D eigenvalue weighted by Crippen LogP contribution is 2.23. The molecule has 0 aliphatic carbocycles. The van der Waals surface area contributed by atoms with Crippen molar-refractivity contribution in [2.45, 2.75) is 11.8 Å². The van der Waals surface area contributed by atoms with E-state index in [4.69, 9.17) is 21.1 Å². The van der Waals surface area contributed by atoms with E-state index < -0.39 is 34.3 Å². The average Bonchev–Trinajstić information content (AvgIpc) is 2.75. The number of anilines is 1. The highest BCUT2D eigenvalue weighted by atomic mass is 35.5. The number of sulfonamides is 1. The van der Waals surface area contributed by atoms with Crippen molar-refractivity contribution in [3.05, 3.63) is 58.4 Å². The minimum atomic E-state index is -3.82. The Kier molecular flexibility index (Phi) is 7.26. The summed E-state index contributed by atoms with van der Waals surface area (Å²) in [5.74, 6) is -2.36. The van der Waals surface area contributed by atoms with Crippen molar-refractivity contribution in [2.75, 3.05) is 38.2 Å². The zero-order valence-corrected chi connectivity index (χ0v) is 18.1. The molecule has 1 N–H and O–H groups in total. The van der Waals surface area contributed by atoms with Gasteiger partial charge in [0, 0.05) is 18.1 Å². The molecule has 0 bridgehead atoms. The summed E-state index contributed by atoms with van der Waals surface area (Å²) >= 11 is 5.77. The van der Waals surface area contributed by atoms with E-state index in [0.717, 1.165) is 6.07 Å². The number of nitrogens with one attached hydrogen (secondary N) is 1. The number of ether oxygens (including phenoxy) is 2. The van der Waals surface area contributed by atoms with Crippen LogP contribution in [0.5, 0.6) is 0 Å². The Bertz CT molecular complexity index is 1100. The van der Waals surface area contributed by atoms with Crippen molar-refractivity contribution >= 4 is 39.2 Å². The van der Waals surface area contributed by atoms with Crippen molar-refractivity contribution in [2.24, 2.45) is 0 Å². The Hall–Kier alpha value is -2.53. The van der Waals surface area contributed by atoms with Gasteiger partial charge in [-0.05, 0) is 42.8 Å². The lowest BCUT2D eigenvalue weighted by atomic mass is 10.1. The molecule has 0 saturated carbocycles. The molecule has 0 spiro atoms. The Balaban J connectivity index is 1.68. The first-order valence-corrected chi connectivity index (χ1v) is 11.1. The van der Waals surface area contributed by atoms with Crippen LogP contribution in [0.3, 0.4) is 0 Å². The van der Waals surface area contributed by atoms with Crippen LogP contribution in [0.1, 0.15) is 15.9 Å². The molecule has 1 saturated heterocycles. The van der Waals surface area contributed by atoms with Crippen LogP contribution in [0.25, 0.3) is 0 Å². The van der Waals surface area contributed by atoms with Gasteiger partial charge in [0.1, 0.15) is 5.82 Å². The second kappa shape index (κ2) is 9.73. The molecular formula is C20H20ClFN2O6S. The van der Waals surface area contributed by atoms with Crippen LogP contribution in [0.4, 0.5) is 10.1 Å². The molecule has 3 rings (SSSR count). The van der Waals surface area contributed by atoms with E-state index in [1.165, 1.54) is 34.6 Å². The number of carbonyl (C=O) groups is 2. The normalized spacial score (nSPS) is 14.8. The smallest absolute Gasteiger partial charge is 0.338 e. The number of rotatable bonds is 6. The summed E-state index contributed by atoms with van der Waals surface area (Å²) in [6.07, 6.45) is 0. The molecule has 1 amide bonds. The number of nitrogens with zero attached hydrogens (tertiary/aromatic N) is 1. The summed E-state index contributed by atoms with van der Waals surface area (Å²) in [5, 5.41) is 2.48. The van der Waals surface area contributed by atoms with E-state index >= 15 is 0 Å². The van der Waals surface area contributed by atoms with Crippen molar-refractivity contribution in [1.82, 2.24) is 4.31 Å². The number of carbonyl (C=O) groups excluding carboxylic acids is 2. The number of morpholine rings is 1. The molecule has 1 heterocycles. The van der Waals surface area contributed by atoms with Crippen LogP contribution in [-0.2, 0) is 24.3 Å². The molecule has 8 nitrogen and oxygen atoms in total. The lowest BCUT2D eigenvalue weighted by Crippen LogP contribution is -2.40. The van der Waals surface area contributed by atoms with Gasteiger partial charge in [0.05, 0.1) is 29.4 Å². The summed E-state index contributed by atoms with van der Waals surface area (Å²) in [6.45, 7) is 1.96. The topological polar surface area (TPSA) is 102 Å². The Morgan fingerprint density at radius 3 is 2.61 bits per heavy atom. The fraction of sp³-hybridized carbons (Fsp3) is 0.300. The predicted octanol–water partition coefficient (Wildman–Crippen LogP) is 2.60. The zero-order valence-electron chi connectivity index (χ0n) is 16.6. The number of esters is 1. The van der Waals surface area contributed by atoms with Crippen LogP contribution in [0.15, 0.2) is 41.3 Å². The predicted molar refractivity (Wildman–Crippen MR) is 111 cm³/mol. The van der Waals surface area contributed by atoms with Crippen molar-refractivity contribution < 1.29 is 31.9 Å². The number of hydrogen-bond donors (Lipinski definition) is 1. The first-order chi connectivity index (χ1) is 14.7. The van der Waals surface area contributed by atoms with E-state index in [-0.39, 0.29) is 34.3 Å².